The molecule has 1 aliphatic heterocycles. The Bertz CT molecular complexity index is 151. The quantitative estimate of drug-likeness (QED) is 0.570. The van der Waals surface area contributed by atoms with Crippen molar-refractivity contribution in [3.63, 3.8) is 0 Å². The highest BCUT2D eigenvalue weighted by Gasteiger charge is 2.21. The molecule has 0 spiro atoms. The number of carbonyl (C=O) groups excluding carboxylic acids is 1. The molecule has 1 rings (SSSR count). The highest BCUT2D eigenvalue weighted by molar-refractivity contribution is 5.80. The predicted molar refractivity (Wildman–Crippen MR) is 40.5 cm³/mol. The number of rotatable bonds is 2. The lowest BCUT2D eigenvalue weighted by atomic mass is 10.0. The Morgan fingerprint density at radius 3 is 3.10 bits per heavy atom. The van der Waals surface area contributed by atoms with Gasteiger partial charge in [-0.05, 0) is 19.8 Å². The van der Waals surface area contributed by atoms with Crippen LogP contribution in [0.1, 0.15) is 19.8 Å². The van der Waals surface area contributed by atoms with Crippen LogP contribution in [0, 0.1) is 5.92 Å². The summed E-state index contributed by atoms with van der Waals surface area (Å²) < 4.78 is 0. The van der Waals surface area contributed by atoms with Crippen molar-refractivity contribution in [2.45, 2.75) is 19.8 Å². The van der Waals surface area contributed by atoms with Crippen LogP contribution in [0.15, 0.2) is 12.2 Å². The van der Waals surface area contributed by atoms with Gasteiger partial charge in [-0.1, -0.05) is 12.2 Å². The molecule has 0 aliphatic carbocycles. The Morgan fingerprint density at radius 2 is 2.60 bits per heavy atom. The van der Waals surface area contributed by atoms with E-state index in [0.29, 0.717) is 0 Å². The minimum absolute atomic E-state index is 0.220. The number of amides is 1. The maximum absolute atomic E-state index is 10.9. The average Bonchev–Trinajstić information content (AvgIpc) is 2.31. The summed E-state index contributed by atoms with van der Waals surface area (Å²) in [5.41, 5.74) is 0. The van der Waals surface area contributed by atoms with Gasteiger partial charge >= 0.3 is 0 Å². The van der Waals surface area contributed by atoms with Gasteiger partial charge in [0, 0.05) is 12.5 Å². The summed E-state index contributed by atoms with van der Waals surface area (Å²) in [5, 5.41) is 2.81. The number of hydrogen-bond donors (Lipinski definition) is 1. The van der Waals surface area contributed by atoms with Crippen LogP contribution in [0.5, 0.6) is 0 Å². The van der Waals surface area contributed by atoms with E-state index in [1.165, 1.54) is 0 Å². The lowest BCUT2D eigenvalue weighted by Gasteiger charge is -1.99. The molecule has 1 atom stereocenters. The van der Waals surface area contributed by atoms with Crippen LogP contribution in [-0.2, 0) is 4.79 Å². The van der Waals surface area contributed by atoms with Crippen molar-refractivity contribution >= 4 is 5.91 Å². The summed E-state index contributed by atoms with van der Waals surface area (Å²) in [5.74, 6) is 0.467. The SMILES string of the molecule is C/C=C/CC1CCNC1=O. The monoisotopic (exact) mass is 139 g/mol. The third kappa shape index (κ3) is 1.59. The molecule has 0 aromatic rings. The highest BCUT2D eigenvalue weighted by atomic mass is 16.2. The second-order valence-corrected chi connectivity index (χ2v) is 2.58. The zero-order valence-corrected chi connectivity index (χ0v) is 6.26. The first-order chi connectivity index (χ1) is 4.84. The first-order valence-corrected chi connectivity index (χ1v) is 3.73. The fraction of sp³-hybridized carbons (Fsp3) is 0.625. The summed E-state index contributed by atoms with van der Waals surface area (Å²) in [4.78, 5) is 10.9. The Labute approximate surface area is 61.3 Å². The minimum Gasteiger partial charge on any atom is -0.356 e. The van der Waals surface area contributed by atoms with Crippen molar-refractivity contribution in [1.29, 1.82) is 0 Å². The molecule has 0 aromatic heterocycles. The van der Waals surface area contributed by atoms with Gasteiger partial charge in [0.2, 0.25) is 5.91 Å². The first kappa shape index (κ1) is 7.32. The van der Waals surface area contributed by atoms with Crippen LogP contribution in [0.2, 0.25) is 0 Å². The lowest BCUT2D eigenvalue weighted by molar-refractivity contribution is -0.122. The zero-order chi connectivity index (χ0) is 7.40. The molecular weight excluding hydrogens is 126 g/mol. The van der Waals surface area contributed by atoms with Gasteiger partial charge in [0.15, 0.2) is 0 Å². The Kier molecular flexibility index (Phi) is 2.49. The fourth-order valence-electron chi connectivity index (χ4n) is 1.17. The topological polar surface area (TPSA) is 29.1 Å². The third-order valence-electron chi connectivity index (χ3n) is 1.82. The first-order valence-electron chi connectivity index (χ1n) is 3.73. The molecule has 1 amide bonds. The van der Waals surface area contributed by atoms with Crippen molar-refractivity contribution in [3.05, 3.63) is 12.2 Å². The van der Waals surface area contributed by atoms with Gasteiger partial charge in [0.25, 0.3) is 0 Å². The number of carbonyl (C=O) groups is 1. The zero-order valence-electron chi connectivity index (χ0n) is 6.26. The van der Waals surface area contributed by atoms with Gasteiger partial charge in [-0.15, -0.1) is 0 Å². The van der Waals surface area contributed by atoms with Gasteiger partial charge in [-0.25, -0.2) is 0 Å². The summed E-state index contributed by atoms with van der Waals surface area (Å²) in [6.45, 7) is 2.84. The summed E-state index contributed by atoms with van der Waals surface area (Å²) in [6.07, 6.45) is 5.95. The summed E-state index contributed by atoms with van der Waals surface area (Å²) >= 11 is 0. The second-order valence-electron chi connectivity index (χ2n) is 2.58. The summed E-state index contributed by atoms with van der Waals surface area (Å²) in [6, 6.07) is 0. The molecule has 0 saturated carbocycles. The van der Waals surface area contributed by atoms with Crippen LogP contribution in [-0.4, -0.2) is 12.5 Å². The molecule has 1 aliphatic rings. The van der Waals surface area contributed by atoms with Gasteiger partial charge in [-0.2, -0.15) is 0 Å². The predicted octanol–water partition coefficient (Wildman–Crippen LogP) is 1.09. The van der Waals surface area contributed by atoms with Crippen molar-refractivity contribution in [2.75, 3.05) is 6.54 Å². The number of allylic oxidation sites excluding steroid dienone is 2. The van der Waals surface area contributed by atoms with E-state index < -0.39 is 0 Å². The van der Waals surface area contributed by atoms with E-state index in [1.807, 2.05) is 13.0 Å². The average molecular weight is 139 g/mol. The largest absolute Gasteiger partial charge is 0.356 e. The van der Waals surface area contributed by atoms with E-state index in [2.05, 4.69) is 11.4 Å². The van der Waals surface area contributed by atoms with Crippen LogP contribution >= 0.6 is 0 Å². The van der Waals surface area contributed by atoms with E-state index in [9.17, 15) is 4.79 Å². The number of nitrogens with one attached hydrogen (secondary N) is 1. The standard InChI is InChI=1S/C8H13NO/c1-2-3-4-7-5-6-9-8(7)10/h2-3,7H,4-6H2,1H3,(H,9,10)/b3-2+. The van der Waals surface area contributed by atoms with E-state index in [0.717, 1.165) is 19.4 Å². The summed E-state index contributed by atoms with van der Waals surface area (Å²) in [7, 11) is 0. The molecule has 1 saturated heterocycles. The van der Waals surface area contributed by atoms with Crippen molar-refractivity contribution in [1.82, 2.24) is 5.32 Å². The molecule has 2 nitrogen and oxygen atoms in total. The van der Waals surface area contributed by atoms with Crippen molar-refractivity contribution < 1.29 is 4.79 Å². The molecule has 1 heterocycles. The van der Waals surface area contributed by atoms with E-state index in [-0.39, 0.29) is 11.8 Å². The maximum atomic E-state index is 10.9. The van der Waals surface area contributed by atoms with Gasteiger partial charge in [0.05, 0.1) is 0 Å². The molecule has 1 unspecified atom stereocenters. The van der Waals surface area contributed by atoms with Crippen LogP contribution in [0.25, 0.3) is 0 Å². The van der Waals surface area contributed by atoms with Gasteiger partial charge in [-0.3, -0.25) is 4.79 Å². The van der Waals surface area contributed by atoms with Crippen molar-refractivity contribution in [3.8, 4) is 0 Å². The molecule has 1 fully saturated rings. The second kappa shape index (κ2) is 3.40. The van der Waals surface area contributed by atoms with Gasteiger partial charge < -0.3 is 5.32 Å². The lowest BCUT2D eigenvalue weighted by Crippen LogP contribution is -2.18. The van der Waals surface area contributed by atoms with Crippen molar-refractivity contribution in [2.24, 2.45) is 5.92 Å². The molecule has 56 valence electrons. The minimum atomic E-state index is 0.220. The Balaban J connectivity index is 2.33. The van der Waals surface area contributed by atoms with E-state index in [4.69, 9.17) is 0 Å². The maximum Gasteiger partial charge on any atom is 0.223 e. The normalized spacial score (nSPS) is 25.7. The molecule has 0 aromatic carbocycles. The third-order valence-corrected chi connectivity index (χ3v) is 1.82. The van der Waals surface area contributed by atoms with Crippen LogP contribution in [0.4, 0.5) is 0 Å². The molecule has 2 heteroatoms. The van der Waals surface area contributed by atoms with E-state index >= 15 is 0 Å². The Morgan fingerprint density at radius 1 is 1.80 bits per heavy atom. The fourth-order valence-corrected chi connectivity index (χ4v) is 1.17. The molecule has 10 heavy (non-hydrogen) atoms. The van der Waals surface area contributed by atoms with Crippen LogP contribution in [0.3, 0.4) is 0 Å². The highest BCUT2D eigenvalue weighted by Crippen LogP contribution is 2.13. The molecular formula is C8H13NO. The Hall–Kier alpha value is -0.790. The molecule has 0 bridgehead atoms. The molecule has 1 N–H and O–H groups in total. The van der Waals surface area contributed by atoms with Crippen LogP contribution < -0.4 is 5.32 Å². The smallest absolute Gasteiger partial charge is 0.223 e. The molecule has 0 radical (unpaired) electrons. The number of hydrogen-bond acceptors (Lipinski definition) is 1. The van der Waals surface area contributed by atoms with Gasteiger partial charge in [0.1, 0.15) is 0 Å². The van der Waals surface area contributed by atoms with E-state index in [1.54, 1.807) is 0 Å².